The maximum Gasteiger partial charge on any atom is 0.332 e. The number of hydrazone groups is 1. The van der Waals surface area contributed by atoms with Gasteiger partial charge in [-0.3, -0.25) is 4.98 Å². The molecule has 74 valence electrons. The quantitative estimate of drug-likeness (QED) is 0.545. The molecule has 0 fully saturated rings. The summed E-state index contributed by atoms with van der Waals surface area (Å²) >= 11 is 0. The van der Waals surface area contributed by atoms with E-state index in [1.54, 1.807) is 12.4 Å². The number of nitrogens with one attached hydrogen (secondary N) is 1. The molecular formula is C9H12N4O. The maximum atomic E-state index is 10.4. The number of urea groups is 1. The number of nitrogens with two attached hydrogens (primary N) is 1. The van der Waals surface area contributed by atoms with Crippen molar-refractivity contribution in [1.29, 1.82) is 0 Å². The summed E-state index contributed by atoms with van der Waals surface area (Å²) in [5.74, 6) is 0. The van der Waals surface area contributed by atoms with Gasteiger partial charge in [-0.05, 0) is 24.6 Å². The Balaban J connectivity index is 2.53. The molecule has 5 nitrogen and oxygen atoms in total. The summed E-state index contributed by atoms with van der Waals surface area (Å²) in [4.78, 5) is 14.2. The van der Waals surface area contributed by atoms with Crippen LogP contribution >= 0.6 is 0 Å². The summed E-state index contributed by atoms with van der Waals surface area (Å²) in [5.41, 5.74) is 8.92. The second-order valence-corrected chi connectivity index (χ2v) is 2.86. The summed E-state index contributed by atoms with van der Waals surface area (Å²) in [6.07, 6.45) is 4.09. The van der Waals surface area contributed by atoms with Gasteiger partial charge in [0.05, 0.1) is 0 Å². The van der Waals surface area contributed by atoms with Crippen LogP contribution in [-0.2, 0) is 6.42 Å². The summed E-state index contributed by atoms with van der Waals surface area (Å²) < 4.78 is 0. The molecule has 0 atom stereocenters. The predicted molar refractivity (Wildman–Crippen MR) is 53.8 cm³/mol. The van der Waals surface area contributed by atoms with Crippen LogP contribution in [0.4, 0.5) is 4.79 Å². The lowest BCUT2D eigenvalue weighted by atomic mass is 10.1. The van der Waals surface area contributed by atoms with Crippen molar-refractivity contribution in [2.24, 2.45) is 10.8 Å². The number of hydrogen-bond acceptors (Lipinski definition) is 3. The van der Waals surface area contributed by atoms with Crippen LogP contribution in [0, 0.1) is 0 Å². The molecule has 5 heteroatoms. The van der Waals surface area contributed by atoms with Gasteiger partial charge in [-0.1, -0.05) is 0 Å². The SMILES string of the molecule is C/C(Cc1ccncc1)=N\NC(N)=O. The lowest BCUT2D eigenvalue weighted by molar-refractivity contribution is 0.249. The largest absolute Gasteiger partial charge is 0.350 e. The Labute approximate surface area is 82.0 Å². The number of amides is 2. The van der Waals surface area contributed by atoms with Gasteiger partial charge >= 0.3 is 6.03 Å². The molecule has 0 spiro atoms. The van der Waals surface area contributed by atoms with Crippen LogP contribution in [0.15, 0.2) is 29.6 Å². The van der Waals surface area contributed by atoms with Crippen LogP contribution in [0.25, 0.3) is 0 Å². The van der Waals surface area contributed by atoms with Crippen molar-refractivity contribution in [3.05, 3.63) is 30.1 Å². The van der Waals surface area contributed by atoms with Crippen LogP contribution in [0.1, 0.15) is 12.5 Å². The lowest BCUT2D eigenvalue weighted by Gasteiger charge is -2.00. The first-order chi connectivity index (χ1) is 6.68. The van der Waals surface area contributed by atoms with Gasteiger partial charge in [0.2, 0.25) is 0 Å². The minimum Gasteiger partial charge on any atom is -0.350 e. The first-order valence-electron chi connectivity index (χ1n) is 4.16. The number of aromatic nitrogens is 1. The fraction of sp³-hybridized carbons (Fsp3) is 0.222. The molecule has 0 bridgehead atoms. The third-order valence-corrected chi connectivity index (χ3v) is 1.57. The van der Waals surface area contributed by atoms with Crippen molar-refractivity contribution in [2.75, 3.05) is 0 Å². The molecule has 1 aromatic heterocycles. The third-order valence-electron chi connectivity index (χ3n) is 1.57. The molecular weight excluding hydrogens is 180 g/mol. The van der Waals surface area contributed by atoms with Crippen LogP contribution in [0.5, 0.6) is 0 Å². The molecule has 0 aliphatic rings. The van der Waals surface area contributed by atoms with Gasteiger partial charge in [-0.15, -0.1) is 0 Å². The van der Waals surface area contributed by atoms with Gasteiger partial charge in [-0.2, -0.15) is 5.10 Å². The van der Waals surface area contributed by atoms with Crippen LogP contribution < -0.4 is 11.2 Å². The molecule has 0 aromatic carbocycles. The first kappa shape index (κ1) is 10.2. The van der Waals surface area contributed by atoms with Gasteiger partial charge in [0.1, 0.15) is 0 Å². The van der Waals surface area contributed by atoms with E-state index >= 15 is 0 Å². The number of pyridine rings is 1. The van der Waals surface area contributed by atoms with Crippen LogP contribution in [0.3, 0.4) is 0 Å². The summed E-state index contributed by atoms with van der Waals surface area (Å²) in [7, 11) is 0. The van der Waals surface area contributed by atoms with Gasteiger partial charge in [0.15, 0.2) is 0 Å². The molecule has 1 aromatic rings. The zero-order valence-corrected chi connectivity index (χ0v) is 7.90. The van der Waals surface area contributed by atoms with Crippen molar-refractivity contribution in [1.82, 2.24) is 10.4 Å². The molecule has 2 amide bonds. The van der Waals surface area contributed by atoms with E-state index < -0.39 is 6.03 Å². The fourth-order valence-electron chi connectivity index (χ4n) is 0.986. The summed E-state index contributed by atoms with van der Waals surface area (Å²) in [6, 6.07) is 3.13. The Morgan fingerprint density at radius 3 is 2.79 bits per heavy atom. The number of rotatable bonds is 3. The minimum absolute atomic E-state index is 0.654. The molecule has 3 N–H and O–H groups in total. The fourth-order valence-corrected chi connectivity index (χ4v) is 0.986. The highest BCUT2D eigenvalue weighted by molar-refractivity contribution is 5.85. The van der Waals surface area contributed by atoms with Crippen molar-refractivity contribution in [3.8, 4) is 0 Å². The maximum absolute atomic E-state index is 10.4. The number of nitrogens with zero attached hydrogens (tertiary/aromatic N) is 2. The molecule has 1 rings (SSSR count). The number of hydrogen-bond donors (Lipinski definition) is 2. The Bertz CT molecular complexity index is 334. The zero-order chi connectivity index (χ0) is 10.4. The molecule has 0 saturated carbocycles. The number of carbonyl (C=O) groups excluding carboxylic acids is 1. The number of carbonyl (C=O) groups is 1. The van der Waals surface area contributed by atoms with Crippen molar-refractivity contribution >= 4 is 11.7 Å². The van der Waals surface area contributed by atoms with Gasteiger partial charge in [-0.25, -0.2) is 10.2 Å². The summed E-state index contributed by atoms with van der Waals surface area (Å²) in [6.45, 7) is 1.82. The monoisotopic (exact) mass is 192 g/mol. The molecule has 0 aliphatic heterocycles. The van der Waals surface area contributed by atoms with E-state index in [1.807, 2.05) is 19.1 Å². The average molecular weight is 192 g/mol. The van der Waals surface area contributed by atoms with E-state index in [0.717, 1.165) is 11.3 Å². The normalized spacial score (nSPS) is 11.1. The average Bonchev–Trinajstić information content (AvgIpc) is 2.16. The molecule has 0 unspecified atom stereocenters. The van der Waals surface area contributed by atoms with Crippen molar-refractivity contribution in [2.45, 2.75) is 13.3 Å². The number of primary amides is 1. The highest BCUT2D eigenvalue weighted by atomic mass is 16.2. The van der Waals surface area contributed by atoms with E-state index in [2.05, 4.69) is 15.5 Å². The molecule has 1 heterocycles. The van der Waals surface area contributed by atoms with E-state index in [9.17, 15) is 4.79 Å². The second kappa shape index (κ2) is 4.96. The zero-order valence-electron chi connectivity index (χ0n) is 7.90. The predicted octanol–water partition coefficient (Wildman–Crippen LogP) is 0.668. The molecule has 0 saturated heterocycles. The smallest absolute Gasteiger partial charge is 0.332 e. The van der Waals surface area contributed by atoms with E-state index in [4.69, 9.17) is 5.73 Å². The standard InChI is InChI=1S/C9H12N4O/c1-7(12-13-9(10)14)6-8-2-4-11-5-3-8/h2-5H,6H2,1H3,(H3,10,13,14)/b12-7+. The third kappa shape index (κ3) is 3.66. The van der Waals surface area contributed by atoms with Gasteiger partial charge in [0.25, 0.3) is 0 Å². The van der Waals surface area contributed by atoms with Crippen LogP contribution in [0.2, 0.25) is 0 Å². The Kier molecular flexibility index (Phi) is 3.60. The summed E-state index contributed by atoms with van der Waals surface area (Å²) in [5, 5.41) is 3.79. The topological polar surface area (TPSA) is 80.4 Å². The Morgan fingerprint density at radius 1 is 1.57 bits per heavy atom. The Hall–Kier alpha value is -1.91. The highest BCUT2D eigenvalue weighted by Crippen LogP contribution is 1.98. The van der Waals surface area contributed by atoms with Crippen LogP contribution in [-0.4, -0.2) is 16.7 Å². The minimum atomic E-state index is -0.654. The van der Waals surface area contributed by atoms with E-state index in [0.29, 0.717) is 6.42 Å². The van der Waals surface area contributed by atoms with Crippen molar-refractivity contribution < 1.29 is 4.79 Å². The molecule has 0 radical (unpaired) electrons. The van der Waals surface area contributed by atoms with Crippen molar-refractivity contribution in [3.63, 3.8) is 0 Å². The second-order valence-electron chi connectivity index (χ2n) is 2.86. The molecule has 14 heavy (non-hydrogen) atoms. The van der Waals surface area contributed by atoms with E-state index in [1.165, 1.54) is 0 Å². The Morgan fingerprint density at radius 2 is 2.21 bits per heavy atom. The lowest BCUT2D eigenvalue weighted by Crippen LogP contribution is -2.25. The first-order valence-corrected chi connectivity index (χ1v) is 4.16. The van der Waals surface area contributed by atoms with Gasteiger partial charge in [0, 0.05) is 24.5 Å². The van der Waals surface area contributed by atoms with Gasteiger partial charge < -0.3 is 5.73 Å². The van der Waals surface area contributed by atoms with E-state index in [-0.39, 0.29) is 0 Å². The molecule has 0 aliphatic carbocycles. The highest BCUT2D eigenvalue weighted by Gasteiger charge is 1.95.